The summed E-state index contributed by atoms with van der Waals surface area (Å²) >= 11 is 0. The van der Waals surface area contributed by atoms with Crippen LogP contribution >= 0.6 is 0 Å². The number of rotatable bonds is 6. The Kier molecular flexibility index (Phi) is 4.77. The lowest BCUT2D eigenvalue weighted by atomic mass is 10.4. The van der Waals surface area contributed by atoms with Gasteiger partial charge in [0, 0.05) is 32.0 Å². The van der Waals surface area contributed by atoms with Gasteiger partial charge in [-0.1, -0.05) is 6.92 Å². The number of sulfonamides is 1. The lowest BCUT2D eigenvalue weighted by Gasteiger charge is -2.19. The minimum Gasteiger partial charge on any atom is -0.475 e. The zero-order valence-electron chi connectivity index (χ0n) is 11.7. The molecule has 1 aromatic rings. The molecule has 0 bridgehead atoms. The van der Waals surface area contributed by atoms with Crippen molar-refractivity contribution in [2.75, 3.05) is 31.1 Å². The molecule has 0 saturated carbocycles. The molecule has 2 rings (SSSR count). The van der Waals surface area contributed by atoms with E-state index in [1.54, 1.807) is 19.3 Å². The Morgan fingerprint density at radius 2 is 2.15 bits per heavy atom. The van der Waals surface area contributed by atoms with E-state index in [1.165, 1.54) is 0 Å². The standard InChI is InChI=1S/C12H20N4O3S/c1-3-15-20(17,18)10-5-8-16(9-10)11-12(19-4-2)14-7-6-13-11/h6-7,10,15H,3-5,8-9H2,1-2H3. The Morgan fingerprint density at radius 3 is 2.85 bits per heavy atom. The highest BCUT2D eigenvalue weighted by Crippen LogP contribution is 2.27. The minimum atomic E-state index is -3.26. The van der Waals surface area contributed by atoms with Gasteiger partial charge in [-0.2, -0.15) is 0 Å². The first-order valence-electron chi connectivity index (χ1n) is 6.75. The van der Waals surface area contributed by atoms with Crippen LogP contribution in [-0.4, -0.2) is 49.9 Å². The number of aromatic nitrogens is 2. The van der Waals surface area contributed by atoms with Gasteiger partial charge in [0.15, 0.2) is 5.82 Å². The third-order valence-corrected chi connectivity index (χ3v) is 5.11. The molecular weight excluding hydrogens is 280 g/mol. The molecule has 112 valence electrons. The summed E-state index contributed by atoms with van der Waals surface area (Å²) in [5.74, 6) is 1.07. The zero-order valence-corrected chi connectivity index (χ0v) is 12.6. The van der Waals surface area contributed by atoms with E-state index >= 15 is 0 Å². The zero-order chi connectivity index (χ0) is 14.6. The fraction of sp³-hybridized carbons (Fsp3) is 0.667. The van der Waals surface area contributed by atoms with Crippen LogP contribution in [0.25, 0.3) is 0 Å². The van der Waals surface area contributed by atoms with E-state index in [4.69, 9.17) is 4.74 Å². The largest absolute Gasteiger partial charge is 0.475 e. The molecule has 1 aromatic heterocycles. The molecule has 2 heterocycles. The molecule has 0 amide bonds. The smallest absolute Gasteiger partial charge is 0.257 e. The normalized spacial score (nSPS) is 19.3. The number of nitrogens with one attached hydrogen (secondary N) is 1. The molecule has 1 unspecified atom stereocenters. The Morgan fingerprint density at radius 1 is 1.40 bits per heavy atom. The predicted octanol–water partition coefficient (Wildman–Crippen LogP) is 0.393. The number of ether oxygens (including phenoxy) is 1. The summed E-state index contributed by atoms with van der Waals surface area (Å²) in [6.45, 7) is 5.61. The summed E-state index contributed by atoms with van der Waals surface area (Å²) in [6, 6.07) is 0. The van der Waals surface area contributed by atoms with Crippen LogP contribution in [0.15, 0.2) is 12.4 Å². The van der Waals surface area contributed by atoms with Crippen LogP contribution in [0.1, 0.15) is 20.3 Å². The van der Waals surface area contributed by atoms with Gasteiger partial charge in [-0.3, -0.25) is 0 Å². The molecule has 8 heteroatoms. The van der Waals surface area contributed by atoms with Gasteiger partial charge in [0.1, 0.15) is 0 Å². The molecule has 1 saturated heterocycles. The Bertz CT molecular complexity index is 549. The Balaban J connectivity index is 2.14. The average Bonchev–Trinajstić information content (AvgIpc) is 2.90. The van der Waals surface area contributed by atoms with Crippen molar-refractivity contribution in [2.45, 2.75) is 25.5 Å². The SMILES string of the molecule is CCNS(=O)(=O)C1CCN(c2nccnc2OCC)C1. The lowest BCUT2D eigenvalue weighted by Crippen LogP contribution is -2.36. The van der Waals surface area contributed by atoms with Crippen molar-refractivity contribution in [1.82, 2.24) is 14.7 Å². The average molecular weight is 300 g/mol. The van der Waals surface area contributed by atoms with Crippen molar-refractivity contribution in [3.05, 3.63) is 12.4 Å². The fourth-order valence-corrected chi connectivity index (χ4v) is 3.70. The van der Waals surface area contributed by atoms with Crippen molar-refractivity contribution < 1.29 is 13.2 Å². The van der Waals surface area contributed by atoms with Crippen LogP contribution in [0.3, 0.4) is 0 Å². The number of anilines is 1. The lowest BCUT2D eigenvalue weighted by molar-refractivity contribution is 0.326. The monoisotopic (exact) mass is 300 g/mol. The Hall–Kier alpha value is -1.41. The van der Waals surface area contributed by atoms with E-state index in [2.05, 4.69) is 14.7 Å². The predicted molar refractivity (Wildman–Crippen MR) is 76.4 cm³/mol. The van der Waals surface area contributed by atoms with E-state index in [0.717, 1.165) is 0 Å². The summed E-state index contributed by atoms with van der Waals surface area (Å²) in [7, 11) is -3.26. The van der Waals surface area contributed by atoms with Gasteiger partial charge < -0.3 is 9.64 Å². The van der Waals surface area contributed by atoms with Crippen LogP contribution in [0, 0.1) is 0 Å². The first kappa shape index (κ1) is 15.0. The maximum Gasteiger partial charge on any atom is 0.257 e. The molecule has 20 heavy (non-hydrogen) atoms. The maximum atomic E-state index is 12.0. The van der Waals surface area contributed by atoms with E-state index in [0.29, 0.717) is 44.4 Å². The van der Waals surface area contributed by atoms with Gasteiger partial charge in [-0.25, -0.2) is 23.1 Å². The molecule has 0 aliphatic carbocycles. The van der Waals surface area contributed by atoms with Crippen LogP contribution in [-0.2, 0) is 10.0 Å². The number of hydrogen-bond acceptors (Lipinski definition) is 6. The summed E-state index contributed by atoms with van der Waals surface area (Å²) < 4.78 is 32.0. The second kappa shape index (κ2) is 6.36. The van der Waals surface area contributed by atoms with Crippen molar-refractivity contribution in [1.29, 1.82) is 0 Å². The van der Waals surface area contributed by atoms with Crippen LogP contribution < -0.4 is 14.4 Å². The van der Waals surface area contributed by atoms with E-state index < -0.39 is 15.3 Å². The molecule has 1 fully saturated rings. The van der Waals surface area contributed by atoms with Crippen molar-refractivity contribution in [3.63, 3.8) is 0 Å². The third-order valence-electron chi connectivity index (χ3n) is 3.16. The first-order chi connectivity index (χ1) is 9.58. The molecule has 0 radical (unpaired) electrons. The molecule has 1 atom stereocenters. The maximum absolute atomic E-state index is 12.0. The summed E-state index contributed by atoms with van der Waals surface area (Å²) in [6.07, 6.45) is 3.73. The topological polar surface area (TPSA) is 84.4 Å². The van der Waals surface area contributed by atoms with Gasteiger partial charge >= 0.3 is 0 Å². The summed E-state index contributed by atoms with van der Waals surface area (Å²) in [4.78, 5) is 10.3. The molecule has 0 aromatic carbocycles. The second-order valence-electron chi connectivity index (χ2n) is 4.52. The summed E-state index contributed by atoms with van der Waals surface area (Å²) in [5.41, 5.74) is 0. The van der Waals surface area contributed by atoms with Crippen LogP contribution in [0.4, 0.5) is 5.82 Å². The molecule has 1 aliphatic rings. The molecule has 1 N–H and O–H groups in total. The van der Waals surface area contributed by atoms with Crippen LogP contribution in [0.2, 0.25) is 0 Å². The van der Waals surface area contributed by atoms with Gasteiger partial charge in [0.2, 0.25) is 10.0 Å². The van der Waals surface area contributed by atoms with Gasteiger partial charge in [0.25, 0.3) is 5.88 Å². The van der Waals surface area contributed by atoms with Crippen molar-refractivity contribution in [2.24, 2.45) is 0 Å². The van der Waals surface area contributed by atoms with Crippen molar-refractivity contribution >= 4 is 15.8 Å². The van der Waals surface area contributed by atoms with Crippen LogP contribution in [0.5, 0.6) is 5.88 Å². The summed E-state index contributed by atoms with van der Waals surface area (Å²) in [5, 5.41) is -0.418. The second-order valence-corrected chi connectivity index (χ2v) is 6.56. The first-order valence-corrected chi connectivity index (χ1v) is 8.30. The van der Waals surface area contributed by atoms with E-state index in [-0.39, 0.29) is 0 Å². The molecule has 0 spiro atoms. The highest BCUT2D eigenvalue weighted by Gasteiger charge is 2.34. The fourth-order valence-electron chi connectivity index (χ4n) is 2.27. The molecular formula is C12H20N4O3S. The van der Waals surface area contributed by atoms with E-state index in [9.17, 15) is 8.42 Å². The molecule has 7 nitrogen and oxygen atoms in total. The third kappa shape index (κ3) is 3.18. The van der Waals surface area contributed by atoms with E-state index in [1.807, 2.05) is 11.8 Å². The quantitative estimate of drug-likeness (QED) is 0.818. The highest BCUT2D eigenvalue weighted by atomic mass is 32.2. The Labute approximate surface area is 119 Å². The highest BCUT2D eigenvalue weighted by molar-refractivity contribution is 7.90. The number of nitrogens with zero attached hydrogens (tertiary/aromatic N) is 3. The van der Waals surface area contributed by atoms with Crippen molar-refractivity contribution in [3.8, 4) is 5.88 Å². The van der Waals surface area contributed by atoms with Gasteiger partial charge in [0.05, 0.1) is 11.9 Å². The molecule has 1 aliphatic heterocycles. The number of hydrogen-bond donors (Lipinski definition) is 1. The van der Waals surface area contributed by atoms with Gasteiger partial charge in [-0.05, 0) is 13.3 Å². The minimum absolute atomic E-state index is 0.411. The van der Waals surface area contributed by atoms with Gasteiger partial charge in [-0.15, -0.1) is 0 Å².